The Balaban J connectivity index is 3.83. The number of carbonyl (C=O) groups excluding carboxylic acids is 1. The first-order valence-corrected chi connectivity index (χ1v) is 5.70. The zero-order valence-corrected chi connectivity index (χ0v) is 9.10. The summed E-state index contributed by atoms with van der Waals surface area (Å²) in [5.74, 6) is 0.450. The molecule has 0 fully saturated rings. The number of hydrogen-bond donors (Lipinski definition) is 1. The lowest BCUT2D eigenvalue weighted by Gasteiger charge is -2.13. The van der Waals surface area contributed by atoms with E-state index in [0.717, 1.165) is 12.8 Å². The number of aliphatic hydroxyl groups is 1. The summed E-state index contributed by atoms with van der Waals surface area (Å²) >= 11 is 1.47. The van der Waals surface area contributed by atoms with Gasteiger partial charge in [0.1, 0.15) is 5.25 Å². The normalized spacial score (nSPS) is 12.5. The van der Waals surface area contributed by atoms with Crippen LogP contribution in [0.25, 0.3) is 0 Å². The average Bonchev–Trinajstić information content (AvgIpc) is 2.12. The standard InChI is InChI=1S/C9H18O3S/c1-3-5-8(13-7-6-10)9(11)12-4-2/h8,10H,3-7H2,1-2H3. The molecule has 0 bridgehead atoms. The highest BCUT2D eigenvalue weighted by Gasteiger charge is 2.18. The van der Waals surface area contributed by atoms with E-state index in [0.29, 0.717) is 12.4 Å². The third-order valence-corrected chi connectivity index (χ3v) is 2.76. The summed E-state index contributed by atoms with van der Waals surface area (Å²) < 4.78 is 4.91. The quantitative estimate of drug-likeness (QED) is 0.640. The lowest BCUT2D eigenvalue weighted by Crippen LogP contribution is -2.21. The van der Waals surface area contributed by atoms with Gasteiger partial charge in [0.2, 0.25) is 0 Å². The van der Waals surface area contributed by atoms with Gasteiger partial charge in [-0.15, -0.1) is 11.8 Å². The molecule has 0 saturated heterocycles. The van der Waals surface area contributed by atoms with Gasteiger partial charge in [0, 0.05) is 5.75 Å². The Morgan fingerprint density at radius 1 is 1.54 bits per heavy atom. The molecule has 0 aromatic rings. The first-order valence-electron chi connectivity index (χ1n) is 4.65. The number of carbonyl (C=O) groups is 1. The summed E-state index contributed by atoms with van der Waals surface area (Å²) in [4.78, 5) is 11.3. The molecule has 0 saturated carbocycles. The second kappa shape index (κ2) is 8.38. The van der Waals surface area contributed by atoms with Gasteiger partial charge in [0.25, 0.3) is 0 Å². The minimum atomic E-state index is -0.150. The molecule has 0 aromatic carbocycles. The molecule has 0 aliphatic carbocycles. The molecule has 0 aliphatic rings. The summed E-state index contributed by atoms with van der Waals surface area (Å²) in [7, 11) is 0. The van der Waals surface area contributed by atoms with Crippen LogP contribution in [0.1, 0.15) is 26.7 Å². The zero-order chi connectivity index (χ0) is 10.1. The average molecular weight is 206 g/mol. The van der Waals surface area contributed by atoms with E-state index in [9.17, 15) is 4.79 Å². The largest absolute Gasteiger partial charge is 0.465 e. The third-order valence-electron chi connectivity index (χ3n) is 1.51. The van der Waals surface area contributed by atoms with Crippen LogP contribution in [0, 0.1) is 0 Å². The van der Waals surface area contributed by atoms with Gasteiger partial charge in [0.05, 0.1) is 13.2 Å². The van der Waals surface area contributed by atoms with Crippen molar-refractivity contribution < 1.29 is 14.6 Å². The van der Waals surface area contributed by atoms with Crippen LogP contribution in [0.5, 0.6) is 0 Å². The van der Waals surface area contributed by atoms with Crippen molar-refractivity contribution in [3.8, 4) is 0 Å². The number of aliphatic hydroxyl groups excluding tert-OH is 1. The van der Waals surface area contributed by atoms with Gasteiger partial charge in [-0.2, -0.15) is 0 Å². The minimum Gasteiger partial charge on any atom is -0.465 e. The summed E-state index contributed by atoms with van der Waals surface area (Å²) in [5.41, 5.74) is 0. The Kier molecular flexibility index (Phi) is 8.24. The van der Waals surface area contributed by atoms with Crippen LogP contribution in [0.3, 0.4) is 0 Å². The van der Waals surface area contributed by atoms with Crippen LogP contribution in [-0.2, 0) is 9.53 Å². The van der Waals surface area contributed by atoms with Gasteiger partial charge in [-0.1, -0.05) is 13.3 Å². The van der Waals surface area contributed by atoms with Crippen LogP contribution in [0.2, 0.25) is 0 Å². The van der Waals surface area contributed by atoms with E-state index in [2.05, 4.69) is 0 Å². The first-order chi connectivity index (χ1) is 6.26. The lowest BCUT2D eigenvalue weighted by molar-refractivity contribution is -0.142. The van der Waals surface area contributed by atoms with E-state index in [1.807, 2.05) is 6.92 Å². The molecule has 0 rings (SSSR count). The van der Waals surface area contributed by atoms with E-state index >= 15 is 0 Å². The smallest absolute Gasteiger partial charge is 0.319 e. The van der Waals surface area contributed by atoms with Crippen molar-refractivity contribution in [2.45, 2.75) is 31.9 Å². The van der Waals surface area contributed by atoms with Crippen LogP contribution >= 0.6 is 11.8 Å². The molecule has 0 spiro atoms. The van der Waals surface area contributed by atoms with Gasteiger partial charge < -0.3 is 9.84 Å². The van der Waals surface area contributed by atoms with E-state index < -0.39 is 0 Å². The molecule has 3 nitrogen and oxygen atoms in total. The summed E-state index contributed by atoms with van der Waals surface area (Å²) in [6, 6.07) is 0. The SMILES string of the molecule is CCCC(SCCO)C(=O)OCC. The van der Waals surface area contributed by atoms with Gasteiger partial charge in [-0.3, -0.25) is 4.79 Å². The molecular weight excluding hydrogens is 188 g/mol. The monoisotopic (exact) mass is 206 g/mol. The molecule has 0 amide bonds. The van der Waals surface area contributed by atoms with Crippen molar-refractivity contribution in [3.63, 3.8) is 0 Å². The molecular formula is C9H18O3S. The Morgan fingerprint density at radius 3 is 2.69 bits per heavy atom. The number of esters is 1. The molecule has 0 radical (unpaired) electrons. The molecule has 1 unspecified atom stereocenters. The summed E-state index contributed by atoms with van der Waals surface area (Å²) in [5, 5.41) is 8.52. The molecule has 13 heavy (non-hydrogen) atoms. The maximum absolute atomic E-state index is 11.3. The first kappa shape index (κ1) is 12.8. The zero-order valence-electron chi connectivity index (χ0n) is 8.28. The van der Waals surface area contributed by atoms with E-state index in [1.54, 1.807) is 6.92 Å². The number of ether oxygens (including phenoxy) is 1. The lowest BCUT2D eigenvalue weighted by atomic mass is 10.2. The molecule has 78 valence electrons. The van der Waals surface area contributed by atoms with Crippen LogP contribution in [-0.4, -0.2) is 35.3 Å². The Labute approximate surface area is 83.9 Å². The highest BCUT2D eigenvalue weighted by atomic mass is 32.2. The maximum atomic E-state index is 11.3. The van der Waals surface area contributed by atoms with E-state index in [1.165, 1.54) is 11.8 Å². The fraction of sp³-hybridized carbons (Fsp3) is 0.889. The van der Waals surface area contributed by atoms with Crippen molar-refractivity contribution in [1.82, 2.24) is 0 Å². The third kappa shape index (κ3) is 5.93. The summed E-state index contributed by atoms with van der Waals surface area (Å²) in [6.45, 7) is 4.38. The fourth-order valence-electron chi connectivity index (χ4n) is 0.962. The van der Waals surface area contributed by atoms with Crippen molar-refractivity contribution in [2.24, 2.45) is 0 Å². The van der Waals surface area contributed by atoms with Crippen molar-refractivity contribution in [3.05, 3.63) is 0 Å². The molecule has 4 heteroatoms. The van der Waals surface area contributed by atoms with Crippen molar-refractivity contribution in [2.75, 3.05) is 19.0 Å². The topological polar surface area (TPSA) is 46.5 Å². The van der Waals surface area contributed by atoms with Crippen molar-refractivity contribution >= 4 is 17.7 Å². The van der Waals surface area contributed by atoms with E-state index in [4.69, 9.17) is 9.84 Å². The number of hydrogen-bond acceptors (Lipinski definition) is 4. The number of rotatable bonds is 7. The van der Waals surface area contributed by atoms with Gasteiger partial charge >= 0.3 is 5.97 Å². The van der Waals surface area contributed by atoms with Crippen molar-refractivity contribution in [1.29, 1.82) is 0 Å². The van der Waals surface area contributed by atoms with Crippen LogP contribution in [0.4, 0.5) is 0 Å². The molecule has 0 aliphatic heterocycles. The molecule has 1 atom stereocenters. The van der Waals surface area contributed by atoms with Crippen LogP contribution < -0.4 is 0 Å². The number of thioether (sulfide) groups is 1. The molecule has 0 aromatic heterocycles. The highest BCUT2D eigenvalue weighted by molar-refractivity contribution is 8.00. The molecule has 0 heterocycles. The second-order valence-corrected chi connectivity index (χ2v) is 3.93. The Hall–Kier alpha value is -0.220. The van der Waals surface area contributed by atoms with Gasteiger partial charge in [-0.05, 0) is 13.3 Å². The molecule has 1 N–H and O–H groups in total. The minimum absolute atomic E-state index is 0.0999. The second-order valence-electron chi connectivity index (χ2n) is 2.62. The van der Waals surface area contributed by atoms with E-state index in [-0.39, 0.29) is 17.8 Å². The Bertz CT molecular complexity index is 139. The fourth-order valence-corrected chi connectivity index (χ4v) is 1.96. The van der Waals surface area contributed by atoms with Crippen LogP contribution in [0.15, 0.2) is 0 Å². The van der Waals surface area contributed by atoms with Gasteiger partial charge in [-0.25, -0.2) is 0 Å². The van der Waals surface area contributed by atoms with Gasteiger partial charge in [0.15, 0.2) is 0 Å². The predicted molar refractivity (Wildman–Crippen MR) is 54.9 cm³/mol. The summed E-state index contributed by atoms with van der Waals surface area (Å²) in [6.07, 6.45) is 1.78. The highest BCUT2D eigenvalue weighted by Crippen LogP contribution is 2.17. The predicted octanol–water partition coefficient (Wildman–Crippen LogP) is 1.44. The Morgan fingerprint density at radius 2 is 2.23 bits per heavy atom. The maximum Gasteiger partial charge on any atom is 0.319 e.